The SMILES string of the molecule is CC(C)(CO)CO.OP(O)Oc1ccccc1. The van der Waals surface area contributed by atoms with Crippen LogP contribution in [0.5, 0.6) is 5.75 Å². The van der Waals surface area contributed by atoms with Crippen molar-refractivity contribution >= 4 is 8.60 Å². The second-order valence-electron chi connectivity index (χ2n) is 4.14. The van der Waals surface area contributed by atoms with Crippen molar-refractivity contribution in [2.45, 2.75) is 13.8 Å². The van der Waals surface area contributed by atoms with Gasteiger partial charge in [-0.2, -0.15) is 0 Å². The Morgan fingerprint density at radius 1 is 1.06 bits per heavy atom. The van der Waals surface area contributed by atoms with E-state index in [9.17, 15) is 0 Å². The molecular weight excluding hydrogens is 243 g/mol. The van der Waals surface area contributed by atoms with E-state index in [-0.39, 0.29) is 18.6 Å². The van der Waals surface area contributed by atoms with Gasteiger partial charge < -0.3 is 24.5 Å². The largest absolute Gasteiger partial charge is 0.427 e. The maximum Gasteiger partial charge on any atom is 0.391 e. The van der Waals surface area contributed by atoms with Gasteiger partial charge in [0, 0.05) is 5.41 Å². The lowest BCUT2D eigenvalue weighted by Gasteiger charge is -2.16. The summed E-state index contributed by atoms with van der Waals surface area (Å²) in [5, 5.41) is 16.9. The molecule has 1 aromatic carbocycles. The van der Waals surface area contributed by atoms with Crippen molar-refractivity contribution in [3.8, 4) is 5.75 Å². The second kappa shape index (κ2) is 8.39. The second-order valence-corrected chi connectivity index (χ2v) is 4.83. The Morgan fingerprint density at radius 2 is 1.53 bits per heavy atom. The molecule has 4 N–H and O–H groups in total. The summed E-state index contributed by atoms with van der Waals surface area (Å²) < 4.78 is 4.59. The molecule has 0 aliphatic heterocycles. The number of hydrogen-bond acceptors (Lipinski definition) is 5. The molecule has 0 radical (unpaired) electrons. The highest BCUT2D eigenvalue weighted by Gasteiger charge is 2.13. The molecule has 17 heavy (non-hydrogen) atoms. The van der Waals surface area contributed by atoms with Gasteiger partial charge >= 0.3 is 8.60 Å². The Balaban J connectivity index is 0.000000325. The van der Waals surface area contributed by atoms with Gasteiger partial charge in [-0.25, -0.2) is 0 Å². The van der Waals surface area contributed by atoms with E-state index in [1.54, 1.807) is 38.1 Å². The summed E-state index contributed by atoms with van der Waals surface area (Å²) in [4.78, 5) is 16.8. The van der Waals surface area contributed by atoms with Crippen LogP contribution in [0.4, 0.5) is 0 Å². The maximum atomic E-state index is 8.43. The number of benzene rings is 1. The minimum absolute atomic E-state index is 0.0451. The molecule has 0 aromatic heterocycles. The molecule has 0 saturated heterocycles. The van der Waals surface area contributed by atoms with Gasteiger partial charge in [-0.3, -0.25) is 0 Å². The van der Waals surface area contributed by atoms with Gasteiger partial charge in [0.1, 0.15) is 5.75 Å². The fourth-order valence-electron chi connectivity index (χ4n) is 0.626. The Morgan fingerprint density at radius 3 is 1.82 bits per heavy atom. The molecule has 98 valence electrons. The molecule has 1 rings (SSSR count). The number of aliphatic hydroxyl groups excluding tert-OH is 2. The van der Waals surface area contributed by atoms with E-state index < -0.39 is 8.60 Å². The summed E-state index contributed by atoms with van der Waals surface area (Å²) in [5.41, 5.74) is -0.306. The third-order valence-electron chi connectivity index (χ3n) is 1.79. The van der Waals surface area contributed by atoms with Crippen molar-refractivity contribution in [2.75, 3.05) is 13.2 Å². The molecule has 0 amide bonds. The van der Waals surface area contributed by atoms with Crippen LogP contribution in [0, 0.1) is 5.41 Å². The summed E-state index contributed by atoms with van der Waals surface area (Å²) in [5.74, 6) is 0.471. The molecule has 6 heteroatoms. The number of hydrogen-bond donors (Lipinski definition) is 4. The summed E-state index contributed by atoms with van der Waals surface area (Å²) >= 11 is 0. The van der Waals surface area contributed by atoms with Crippen molar-refractivity contribution in [1.82, 2.24) is 0 Å². The highest BCUT2D eigenvalue weighted by atomic mass is 31.2. The van der Waals surface area contributed by atoms with Gasteiger partial charge in [0.2, 0.25) is 0 Å². The van der Waals surface area contributed by atoms with Crippen molar-refractivity contribution in [2.24, 2.45) is 5.41 Å². The van der Waals surface area contributed by atoms with Crippen LogP contribution in [0.15, 0.2) is 30.3 Å². The van der Waals surface area contributed by atoms with E-state index >= 15 is 0 Å². The first kappa shape index (κ1) is 16.3. The Bertz CT molecular complexity index is 283. The van der Waals surface area contributed by atoms with Crippen LogP contribution in [0.1, 0.15) is 13.8 Å². The van der Waals surface area contributed by atoms with Crippen LogP contribution in [0.25, 0.3) is 0 Å². The van der Waals surface area contributed by atoms with Gasteiger partial charge in [0.25, 0.3) is 0 Å². The molecule has 0 unspecified atom stereocenters. The van der Waals surface area contributed by atoms with Crippen LogP contribution in [0.2, 0.25) is 0 Å². The highest BCUT2D eigenvalue weighted by Crippen LogP contribution is 2.27. The van der Waals surface area contributed by atoms with Crippen LogP contribution >= 0.6 is 8.60 Å². The quantitative estimate of drug-likeness (QED) is 0.614. The van der Waals surface area contributed by atoms with Crippen molar-refractivity contribution in [1.29, 1.82) is 0 Å². The molecule has 5 nitrogen and oxygen atoms in total. The zero-order chi connectivity index (χ0) is 13.3. The first-order valence-corrected chi connectivity index (χ1v) is 6.20. The molecule has 0 saturated carbocycles. The van der Waals surface area contributed by atoms with Crippen LogP contribution in [-0.2, 0) is 0 Å². The summed E-state index contributed by atoms with van der Waals surface area (Å²) in [6, 6.07) is 8.65. The van der Waals surface area contributed by atoms with E-state index in [1.807, 2.05) is 6.07 Å². The lowest BCUT2D eigenvalue weighted by atomic mass is 9.97. The molecule has 0 spiro atoms. The third kappa shape index (κ3) is 9.03. The Kier molecular flexibility index (Phi) is 8.04. The number of rotatable bonds is 4. The van der Waals surface area contributed by atoms with Gasteiger partial charge in [-0.05, 0) is 12.1 Å². The standard InChI is InChI=1S/C6H7O3P.C5H12O2/c7-10(8)9-6-4-2-1-3-5-6;1-5(2,3-6)4-7/h1-5,7-8H;6-7H,3-4H2,1-2H3. The fourth-order valence-corrected chi connectivity index (χ4v) is 0.936. The molecule has 0 fully saturated rings. The topological polar surface area (TPSA) is 90.2 Å². The number of para-hydroxylation sites is 1. The van der Waals surface area contributed by atoms with Crippen LogP contribution < -0.4 is 4.52 Å². The minimum atomic E-state index is -2.28. The van der Waals surface area contributed by atoms with Gasteiger partial charge in [-0.1, -0.05) is 32.0 Å². The predicted molar refractivity (Wildman–Crippen MR) is 66.4 cm³/mol. The zero-order valence-corrected chi connectivity index (χ0v) is 10.8. The third-order valence-corrected chi connectivity index (χ3v) is 2.16. The summed E-state index contributed by atoms with van der Waals surface area (Å²) in [6.07, 6.45) is 0. The monoisotopic (exact) mass is 262 g/mol. The Labute approximate surface area is 102 Å². The lowest BCUT2D eigenvalue weighted by molar-refractivity contribution is 0.0857. The first-order chi connectivity index (χ1) is 7.91. The van der Waals surface area contributed by atoms with Gasteiger partial charge in [-0.15, -0.1) is 0 Å². The minimum Gasteiger partial charge on any atom is -0.427 e. The molecule has 0 atom stereocenters. The van der Waals surface area contributed by atoms with Crippen LogP contribution in [-0.4, -0.2) is 33.2 Å². The van der Waals surface area contributed by atoms with E-state index in [0.717, 1.165) is 0 Å². The predicted octanol–water partition coefficient (Wildman–Crippen LogP) is 1.27. The highest BCUT2D eigenvalue weighted by molar-refractivity contribution is 7.39. The normalized spacial score (nSPS) is 10.8. The molecule has 0 aliphatic rings. The van der Waals surface area contributed by atoms with E-state index in [4.69, 9.17) is 20.0 Å². The molecule has 0 heterocycles. The number of aliphatic hydroxyl groups is 2. The molecule has 1 aromatic rings. The summed E-state index contributed by atoms with van der Waals surface area (Å²) in [6.45, 7) is 3.69. The molecular formula is C11H19O5P. The van der Waals surface area contributed by atoms with Crippen LogP contribution in [0.3, 0.4) is 0 Å². The van der Waals surface area contributed by atoms with E-state index in [2.05, 4.69) is 4.52 Å². The average Bonchev–Trinajstić information content (AvgIpc) is 2.30. The van der Waals surface area contributed by atoms with Gasteiger partial charge in [0.15, 0.2) is 0 Å². The van der Waals surface area contributed by atoms with Crippen molar-refractivity contribution < 1.29 is 24.5 Å². The maximum absolute atomic E-state index is 8.43. The molecule has 0 aliphatic carbocycles. The van der Waals surface area contributed by atoms with E-state index in [0.29, 0.717) is 5.75 Å². The first-order valence-electron chi connectivity index (χ1n) is 5.04. The van der Waals surface area contributed by atoms with E-state index in [1.165, 1.54) is 0 Å². The van der Waals surface area contributed by atoms with Gasteiger partial charge in [0.05, 0.1) is 13.2 Å². The van der Waals surface area contributed by atoms with Crippen molar-refractivity contribution in [3.63, 3.8) is 0 Å². The lowest BCUT2D eigenvalue weighted by Crippen LogP contribution is -2.20. The fraction of sp³-hybridized carbons (Fsp3) is 0.455. The zero-order valence-electron chi connectivity index (χ0n) is 9.95. The summed E-state index contributed by atoms with van der Waals surface area (Å²) in [7, 11) is -2.28. The average molecular weight is 262 g/mol. The van der Waals surface area contributed by atoms with Crippen molar-refractivity contribution in [3.05, 3.63) is 30.3 Å². The molecule has 0 bridgehead atoms. The Hall–Kier alpha value is -0.710. The smallest absolute Gasteiger partial charge is 0.391 e.